The van der Waals surface area contributed by atoms with Gasteiger partial charge in [-0.25, -0.2) is 4.57 Å². The number of aryl methyl sites for hydroxylation is 1. The maximum Gasteiger partial charge on any atom is 0.370 e. The number of hydrogen-bond acceptors (Lipinski definition) is 3. The van der Waals surface area contributed by atoms with Gasteiger partial charge in [-0.3, -0.25) is 0 Å². The third-order valence-electron chi connectivity index (χ3n) is 11.0. The number of anilines is 1. The smallest absolute Gasteiger partial charge is 0.370 e. The van der Waals surface area contributed by atoms with E-state index in [1.807, 2.05) is 29.9 Å². The van der Waals surface area contributed by atoms with Gasteiger partial charge in [0.2, 0.25) is 5.58 Å². The first-order chi connectivity index (χ1) is 21.3. The van der Waals surface area contributed by atoms with Crippen molar-refractivity contribution in [1.82, 2.24) is 4.98 Å². The van der Waals surface area contributed by atoms with E-state index in [1.165, 1.54) is 117 Å². The van der Waals surface area contributed by atoms with Crippen LogP contribution in [-0.4, -0.2) is 74.4 Å². The third kappa shape index (κ3) is 7.63. The Bertz CT molecular complexity index is 1450. The van der Waals surface area contributed by atoms with Crippen LogP contribution in [0, 0.1) is 11.8 Å². The lowest BCUT2D eigenvalue weighted by Gasteiger charge is -2.41. The number of oxazole rings is 1. The molecule has 236 valence electrons. The molecule has 1 aromatic carbocycles. The average Bonchev–Trinajstić information content (AvgIpc) is 3.44. The first kappa shape index (κ1) is 31.0. The second-order valence-electron chi connectivity index (χ2n) is 15.0. The molecule has 6 heteroatoms. The number of aromatic nitrogens is 2. The highest BCUT2D eigenvalue weighted by atomic mass is 16.3. The van der Waals surface area contributed by atoms with Crippen LogP contribution >= 0.6 is 0 Å². The maximum atomic E-state index is 6.04. The number of pyridine rings is 1. The number of rotatable bonds is 11. The van der Waals surface area contributed by atoms with Crippen molar-refractivity contribution >= 4 is 28.6 Å². The fourth-order valence-electron chi connectivity index (χ4n) is 7.87. The van der Waals surface area contributed by atoms with Gasteiger partial charge in [-0.05, 0) is 86.6 Å². The van der Waals surface area contributed by atoms with Crippen LogP contribution < -0.4 is 9.47 Å². The lowest BCUT2D eigenvalue weighted by Crippen LogP contribution is -2.50. The molecule has 2 saturated heterocycles. The molecule has 2 fully saturated rings. The zero-order valence-corrected chi connectivity index (χ0v) is 27.9. The Morgan fingerprint density at radius 1 is 0.886 bits per heavy atom. The molecule has 0 N–H and O–H groups in total. The highest BCUT2D eigenvalue weighted by Crippen LogP contribution is 2.35. The van der Waals surface area contributed by atoms with Crippen LogP contribution in [0.3, 0.4) is 0 Å². The number of fused-ring (bicyclic) bond motifs is 2. The molecule has 3 aromatic rings. The minimum atomic E-state index is 0.647. The molecule has 0 amide bonds. The first-order valence-corrected chi connectivity index (χ1v) is 17.4. The topological polar surface area (TPSA) is 33.1 Å². The molecule has 0 atom stereocenters. The third-order valence-corrected chi connectivity index (χ3v) is 11.0. The predicted octanol–water partition coefficient (Wildman–Crippen LogP) is 7.21. The van der Waals surface area contributed by atoms with Crippen molar-refractivity contribution in [3.05, 3.63) is 66.3 Å². The Labute approximate surface area is 265 Å². The van der Waals surface area contributed by atoms with Crippen LogP contribution in [0.2, 0.25) is 0 Å². The number of piperidine rings is 2. The molecule has 0 saturated carbocycles. The van der Waals surface area contributed by atoms with Crippen molar-refractivity contribution in [2.24, 2.45) is 18.9 Å². The van der Waals surface area contributed by atoms with Crippen LogP contribution in [0.15, 0.2) is 59.3 Å². The van der Waals surface area contributed by atoms with Gasteiger partial charge < -0.3 is 18.3 Å². The molecular weight excluding hydrogens is 542 g/mol. The van der Waals surface area contributed by atoms with Crippen LogP contribution in [0.25, 0.3) is 22.9 Å². The van der Waals surface area contributed by atoms with Crippen LogP contribution in [0.1, 0.15) is 75.7 Å². The van der Waals surface area contributed by atoms with Crippen LogP contribution in [0.5, 0.6) is 0 Å². The molecule has 0 bridgehead atoms. The molecule has 0 unspecified atom stereocenters. The molecular formula is C38H56N5O+3. The number of benzene rings is 1. The van der Waals surface area contributed by atoms with Gasteiger partial charge in [-0.15, -0.1) is 0 Å². The molecule has 3 aliphatic rings. The molecule has 2 aromatic heterocycles. The summed E-state index contributed by atoms with van der Waals surface area (Å²) in [5.41, 5.74) is 5.33. The van der Waals surface area contributed by atoms with Gasteiger partial charge in [0.05, 0.1) is 67.1 Å². The van der Waals surface area contributed by atoms with Crippen molar-refractivity contribution in [2.45, 2.75) is 64.2 Å². The van der Waals surface area contributed by atoms with E-state index in [0.717, 1.165) is 35.2 Å². The summed E-state index contributed by atoms with van der Waals surface area (Å²) in [6.45, 7) is 7.93. The quantitative estimate of drug-likeness (QED) is 0.133. The summed E-state index contributed by atoms with van der Waals surface area (Å²) in [6.07, 6.45) is 22.6. The van der Waals surface area contributed by atoms with Crippen LogP contribution in [-0.2, 0) is 7.05 Å². The molecule has 0 aliphatic carbocycles. The molecule has 6 rings (SSSR count). The minimum Gasteiger partial charge on any atom is -0.411 e. The second kappa shape index (κ2) is 13.6. The number of unbranched alkanes of at least 4 members (excludes halogenated alkanes) is 2. The number of nitrogens with zero attached hydrogens (tertiary/aromatic N) is 5. The highest BCUT2D eigenvalue weighted by Gasteiger charge is 2.30. The Morgan fingerprint density at radius 3 is 2.36 bits per heavy atom. The molecule has 6 nitrogen and oxygen atoms in total. The van der Waals surface area contributed by atoms with Gasteiger partial charge in [0, 0.05) is 35.1 Å². The van der Waals surface area contributed by atoms with E-state index >= 15 is 0 Å². The van der Waals surface area contributed by atoms with Gasteiger partial charge in [0.1, 0.15) is 0 Å². The lowest BCUT2D eigenvalue weighted by atomic mass is 9.86. The number of likely N-dealkylation sites (tertiary alicyclic amines) is 2. The Morgan fingerprint density at radius 2 is 1.61 bits per heavy atom. The van der Waals surface area contributed by atoms with E-state index in [0.29, 0.717) is 5.89 Å². The summed E-state index contributed by atoms with van der Waals surface area (Å²) < 4.78 is 10.6. The molecule has 44 heavy (non-hydrogen) atoms. The molecule has 3 aliphatic heterocycles. The fourth-order valence-corrected chi connectivity index (χ4v) is 7.87. The normalized spacial score (nSPS) is 24.7. The zero-order valence-electron chi connectivity index (χ0n) is 27.9. The van der Waals surface area contributed by atoms with Gasteiger partial charge in [0.15, 0.2) is 0 Å². The van der Waals surface area contributed by atoms with E-state index in [9.17, 15) is 0 Å². The van der Waals surface area contributed by atoms with Gasteiger partial charge in [-0.1, -0.05) is 37.5 Å². The van der Waals surface area contributed by atoms with Gasteiger partial charge in [-0.2, -0.15) is 0 Å². The van der Waals surface area contributed by atoms with Gasteiger partial charge in [0.25, 0.3) is 0 Å². The number of quaternary nitrogens is 2. The van der Waals surface area contributed by atoms with Crippen molar-refractivity contribution in [2.75, 3.05) is 65.3 Å². The predicted molar refractivity (Wildman–Crippen MR) is 182 cm³/mol. The maximum absolute atomic E-state index is 6.04. The van der Waals surface area contributed by atoms with Crippen LogP contribution in [0.4, 0.5) is 5.69 Å². The number of allylic oxidation sites excluding steroid dienone is 2. The number of para-hydroxylation sites is 1. The van der Waals surface area contributed by atoms with Crippen molar-refractivity contribution in [3.8, 4) is 0 Å². The average molecular weight is 599 g/mol. The molecule has 5 heterocycles. The Balaban J connectivity index is 0.924. The summed E-state index contributed by atoms with van der Waals surface area (Å²) in [5, 5.41) is 0. The monoisotopic (exact) mass is 598 g/mol. The SMILES string of the molecule is C[n+]1cccc2oc(/C=C3\C=CN(CCCCC[N+]4(C)CCC(CCCC5CC[N+](C)(C)CC5)CC4)c4ccccc43)nc21. The second-order valence-corrected chi connectivity index (χ2v) is 15.0. The van der Waals surface area contributed by atoms with E-state index in [4.69, 9.17) is 9.40 Å². The summed E-state index contributed by atoms with van der Waals surface area (Å²) in [6, 6.07) is 12.7. The highest BCUT2D eigenvalue weighted by molar-refractivity contribution is 5.94. The lowest BCUT2D eigenvalue weighted by molar-refractivity contribution is -0.915. The fraction of sp³-hybridized carbons (Fsp3) is 0.579. The summed E-state index contributed by atoms with van der Waals surface area (Å²) in [4.78, 5) is 7.15. The summed E-state index contributed by atoms with van der Waals surface area (Å²) in [7, 11) is 9.32. The zero-order chi connectivity index (χ0) is 30.6. The van der Waals surface area contributed by atoms with Gasteiger partial charge >= 0.3 is 11.5 Å². The summed E-state index contributed by atoms with van der Waals surface area (Å²) in [5.74, 6) is 2.63. The van der Waals surface area contributed by atoms with Crippen molar-refractivity contribution < 1.29 is 18.0 Å². The Kier molecular flexibility index (Phi) is 9.58. The minimum absolute atomic E-state index is 0.647. The summed E-state index contributed by atoms with van der Waals surface area (Å²) >= 11 is 0. The number of hydrogen-bond donors (Lipinski definition) is 0. The Hall–Kier alpha value is -2.96. The largest absolute Gasteiger partial charge is 0.411 e. The van der Waals surface area contributed by atoms with Crippen molar-refractivity contribution in [1.29, 1.82) is 0 Å². The standard InChI is InChI=1S/C38H56N5O/c1-40-22-11-16-36-38(40)39-37(44-36)30-33-17-24-41(35-15-7-6-14-34(33)35)23-8-5-9-25-43(4)28-20-32(21-29-43)13-10-12-31-18-26-42(2,3)27-19-31/h6-7,11,14-17,22,24,30-32H,5,8-10,12-13,18-21,23,25-29H2,1-4H3/q+3. The first-order valence-electron chi connectivity index (χ1n) is 17.4. The molecule has 0 radical (unpaired) electrons. The van der Waals surface area contributed by atoms with E-state index in [2.05, 4.69) is 68.7 Å². The van der Waals surface area contributed by atoms with Crippen molar-refractivity contribution in [3.63, 3.8) is 0 Å². The van der Waals surface area contributed by atoms with E-state index in [-0.39, 0.29) is 0 Å². The molecule has 0 spiro atoms. The van der Waals surface area contributed by atoms with E-state index < -0.39 is 0 Å². The van der Waals surface area contributed by atoms with E-state index in [1.54, 1.807) is 0 Å².